The number of hydrogen-bond acceptors (Lipinski definition) is 4. The maximum atomic E-state index is 12.0. The van der Waals surface area contributed by atoms with Gasteiger partial charge in [-0.3, -0.25) is 4.79 Å². The molecule has 1 aromatic carbocycles. The quantitative estimate of drug-likeness (QED) is 0.509. The molecular weight excluding hydrogens is 294 g/mol. The number of carbonyl (C=O) groups is 2. The van der Waals surface area contributed by atoms with Crippen LogP contribution >= 0.6 is 0 Å². The molecule has 0 bridgehead atoms. The molecule has 0 saturated heterocycles. The van der Waals surface area contributed by atoms with Crippen molar-refractivity contribution in [3.8, 4) is 0 Å². The Morgan fingerprint density at radius 1 is 1.09 bits per heavy atom. The van der Waals surface area contributed by atoms with Gasteiger partial charge in [0, 0.05) is 12.1 Å². The SMILES string of the molecule is CCCCCCCCC(=O)Nc1cc(CO)cc(C(=O)OC)c1. The Morgan fingerprint density at radius 3 is 2.43 bits per heavy atom. The van der Waals surface area contributed by atoms with E-state index >= 15 is 0 Å². The third-order valence-corrected chi connectivity index (χ3v) is 3.64. The summed E-state index contributed by atoms with van der Waals surface area (Å²) in [6.07, 6.45) is 7.22. The van der Waals surface area contributed by atoms with E-state index in [9.17, 15) is 14.7 Å². The number of benzene rings is 1. The molecule has 0 spiro atoms. The molecular formula is C18H27NO4. The number of methoxy groups -OCH3 is 1. The van der Waals surface area contributed by atoms with E-state index in [1.165, 1.54) is 26.4 Å². The molecule has 0 aliphatic heterocycles. The number of esters is 1. The number of rotatable bonds is 10. The van der Waals surface area contributed by atoms with Crippen molar-refractivity contribution in [2.45, 2.75) is 58.5 Å². The standard InChI is InChI=1S/C18H27NO4/c1-3-4-5-6-7-8-9-17(21)19-16-11-14(13-20)10-15(12-16)18(22)23-2/h10-12,20H,3-9,13H2,1-2H3,(H,19,21). The molecule has 0 heterocycles. The van der Waals surface area contributed by atoms with Gasteiger partial charge >= 0.3 is 5.97 Å². The van der Waals surface area contributed by atoms with E-state index < -0.39 is 5.97 Å². The fourth-order valence-corrected chi connectivity index (χ4v) is 2.38. The minimum atomic E-state index is -0.494. The van der Waals surface area contributed by atoms with Crippen LogP contribution < -0.4 is 5.32 Å². The number of nitrogens with one attached hydrogen (secondary N) is 1. The van der Waals surface area contributed by atoms with Gasteiger partial charge in [0.2, 0.25) is 5.91 Å². The first-order valence-corrected chi connectivity index (χ1v) is 8.23. The van der Waals surface area contributed by atoms with Crippen LogP contribution in [-0.4, -0.2) is 24.1 Å². The molecule has 0 aliphatic carbocycles. The Morgan fingerprint density at radius 2 is 1.78 bits per heavy atom. The molecule has 1 aromatic rings. The first-order valence-electron chi connectivity index (χ1n) is 8.23. The Labute approximate surface area is 138 Å². The zero-order chi connectivity index (χ0) is 17.1. The second-order valence-electron chi connectivity index (χ2n) is 5.63. The van der Waals surface area contributed by atoms with Gasteiger partial charge in [-0.2, -0.15) is 0 Å². The van der Waals surface area contributed by atoms with Crippen molar-refractivity contribution in [3.63, 3.8) is 0 Å². The number of amides is 1. The van der Waals surface area contributed by atoms with E-state index in [0.29, 0.717) is 23.2 Å². The summed E-state index contributed by atoms with van der Waals surface area (Å²) in [6, 6.07) is 4.77. The summed E-state index contributed by atoms with van der Waals surface area (Å²) in [6.45, 7) is 1.97. The van der Waals surface area contributed by atoms with Gasteiger partial charge in [-0.15, -0.1) is 0 Å². The van der Waals surface area contributed by atoms with Crippen LogP contribution in [0.4, 0.5) is 5.69 Å². The number of aliphatic hydroxyl groups excluding tert-OH is 1. The predicted octanol–water partition coefficient (Wildman–Crippen LogP) is 3.65. The topological polar surface area (TPSA) is 75.6 Å². The highest BCUT2D eigenvalue weighted by atomic mass is 16.5. The maximum Gasteiger partial charge on any atom is 0.337 e. The molecule has 0 fully saturated rings. The lowest BCUT2D eigenvalue weighted by molar-refractivity contribution is -0.116. The van der Waals surface area contributed by atoms with Crippen LogP contribution in [0.3, 0.4) is 0 Å². The molecule has 0 unspecified atom stereocenters. The van der Waals surface area contributed by atoms with Gasteiger partial charge in [0.1, 0.15) is 0 Å². The Bertz CT molecular complexity index is 514. The van der Waals surface area contributed by atoms with Gasteiger partial charge in [-0.05, 0) is 30.2 Å². The normalized spacial score (nSPS) is 10.4. The number of ether oxygens (including phenoxy) is 1. The number of aliphatic hydroxyl groups is 1. The van der Waals surface area contributed by atoms with E-state index in [1.807, 2.05) is 0 Å². The number of anilines is 1. The van der Waals surface area contributed by atoms with E-state index in [1.54, 1.807) is 18.2 Å². The molecule has 0 atom stereocenters. The minimum Gasteiger partial charge on any atom is -0.465 e. The van der Waals surface area contributed by atoms with Gasteiger partial charge in [0.05, 0.1) is 19.3 Å². The summed E-state index contributed by atoms with van der Waals surface area (Å²) in [7, 11) is 1.30. The molecule has 0 aliphatic rings. The summed E-state index contributed by atoms with van der Waals surface area (Å²) in [5.41, 5.74) is 1.38. The van der Waals surface area contributed by atoms with E-state index in [0.717, 1.165) is 19.3 Å². The molecule has 5 heteroatoms. The van der Waals surface area contributed by atoms with Crippen molar-refractivity contribution in [2.75, 3.05) is 12.4 Å². The number of carbonyl (C=O) groups excluding carboxylic acids is 2. The fraction of sp³-hybridized carbons (Fsp3) is 0.556. The number of hydrogen-bond donors (Lipinski definition) is 2. The third kappa shape index (κ3) is 7.28. The zero-order valence-corrected chi connectivity index (χ0v) is 14.1. The highest BCUT2D eigenvalue weighted by Gasteiger charge is 2.10. The zero-order valence-electron chi connectivity index (χ0n) is 14.1. The van der Waals surface area contributed by atoms with Gasteiger partial charge in [0.25, 0.3) is 0 Å². The van der Waals surface area contributed by atoms with E-state index in [2.05, 4.69) is 17.0 Å². The van der Waals surface area contributed by atoms with Gasteiger partial charge < -0.3 is 15.2 Å². The van der Waals surface area contributed by atoms with Crippen molar-refractivity contribution >= 4 is 17.6 Å². The molecule has 1 rings (SSSR count). The summed E-state index contributed by atoms with van der Waals surface area (Å²) in [5.74, 6) is -0.571. The highest BCUT2D eigenvalue weighted by Crippen LogP contribution is 2.17. The van der Waals surface area contributed by atoms with Crippen molar-refractivity contribution in [1.82, 2.24) is 0 Å². The van der Waals surface area contributed by atoms with Crippen molar-refractivity contribution < 1.29 is 19.4 Å². The van der Waals surface area contributed by atoms with Crippen LogP contribution in [0.15, 0.2) is 18.2 Å². The molecule has 0 aromatic heterocycles. The summed E-state index contributed by atoms with van der Waals surface area (Å²) in [4.78, 5) is 23.6. The highest BCUT2D eigenvalue weighted by molar-refractivity contribution is 5.94. The lowest BCUT2D eigenvalue weighted by Crippen LogP contribution is -2.12. The Balaban J connectivity index is 2.52. The summed E-state index contributed by atoms with van der Waals surface area (Å²) in [5, 5.41) is 12.0. The van der Waals surface area contributed by atoms with Gasteiger partial charge in [-0.25, -0.2) is 4.79 Å². The van der Waals surface area contributed by atoms with Crippen LogP contribution in [0.2, 0.25) is 0 Å². The first-order chi connectivity index (χ1) is 11.1. The average molecular weight is 321 g/mol. The summed E-state index contributed by atoms with van der Waals surface area (Å²) < 4.78 is 4.67. The molecule has 0 radical (unpaired) electrons. The molecule has 23 heavy (non-hydrogen) atoms. The summed E-state index contributed by atoms with van der Waals surface area (Å²) >= 11 is 0. The Kier molecular flexibility index (Phi) is 8.98. The van der Waals surface area contributed by atoms with Gasteiger partial charge in [-0.1, -0.05) is 39.0 Å². The third-order valence-electron chi connectivity index (χ3n) is 3.64. The molecule has 2 N–H and O–H groups in total. The van der Waals surface area contributed by atoms with Crippen LogP contribution in [0, 0.1) is 0 Å². The van der Waals surface area contributed by atoms with E-state index in [-0.39, 0.29) is 12.5 Å². The predicted molar refractivity (Wildman–Crippen MR) is 90.3 cm³/mol. The lowest BCUT2D eigenvalue weighted by Gasteiger charge is -2.09. The van der Waals surface area contributed by atoms with Crippen molar-refractivity contribution in [1.29, 1.82) is 0 Å². The van der Waals surface area contributed by atoms with Crippen LogP contribution in [-0.2, 0) is 16.1 Å². The fourth-order valence-electron chi connectivity index (χ4n) is 2.38. The number of unbranched alkanes of at least 4 members (excludes halogenated alkanes) is 5. The molecule has 128 valence electrons. The van der Waals surface area contributed by atoms with Crippen LogP contribution in [0.25, 0.3) is 0 Å². The van der Waals surface area contributed by atoms with Crippen molar-refractivity contribution in [3.05, 3.63) is 29.3 Å². The monoisotopic (exact) mass is 321 g/mol. The maximum absolute atomic E-state index is 12.0. The smallest absolute Gasteiger partial charge is 0.337 e. The van der Waals surface area contributed by atoms with Crippen LogP contribution in [0.1, 0.15) is 67.8 Å². The van der Waals surface area contributed by atoms with E-state index in [4.69, 9.17) is 0 Å². The molecule has 5 nitrogen and oxygen atoms in total. The molecule has 0 saturated carbocycles. The lowest BCUT2D eigenvalue weighted by atomic mass is 10.1. The van der Waals surface area contributed by atoms with Crippen molar-refractivity contribution in [2.24, 2.45) is 0 Å². The minimum absolute atomic E-state index is 0.0774. The Hall–Kier alpha value is -1.88. The van der Waals surface area contributed by atoms with Crippen LogP contribution in [0.5, 0.6) is 0 Å². The second-order valence-corrected chi connectivity index (χ2v) is 5.63. The largest absolute Gasteiger partial charge is 0.465 e. The average Bonchev–Trinajstić information content (AvgIpc) is 2.56. The van der Waals surface area contributed by atoms with Gasteiger partial charge in [0.15, 0.2) is 0 Å². The first kappa shape index (κ1) is 19.2. The molecule has 1 amide bonds. The second kappa shape index (κ2) is 10.8.